The largest absolute Gasteiger partial charge is 0.384 e. The van der Waals surface area contributed by atoms with Crippen LogP contribution in [0.25, 0.3) is 0 Å². The SMILES string of the molecule is Nc1ccnc(NCCC2CCC2)n1. The third-order valence-electron chi connectivity index (χ3n) is 2.74. The Morgan fingerprint density at radius 1 is 1.50 bits per heavy atom. The minimum absolute atomic E-state index is 0.520. The van der Waals surface area contributed by atoms with Crippen LogP contribution in [0.5, 0.6) is 0 Å². The van der Waals surface area contributed by atoms with Crippen molar-refractivity contribution in [1.82, 2.24) is 9.97 Å². The van der Waals surface area contributed by atoms with E-state index in [1.807, 2.05) is 0 Å². The Morgan fingerprint density at radius 2 is 2.36 bits per heavy atom. The van der Waals surface area contributed by atoms with Crippen LogP contribution in [0.3, 0.4) is 0 Å². The Bertz CT molecular complexity index is 296. The number of nitrogen functional groups attached to an aromatic ring is 1. The van der Waals surface area contributed by atoms with Gasteiger partial charge in [0.15, 0.2) is 0 Å². The van der Waals surface area contributed by atoms with E-state index >= 15 is 0 Å². The van der Waals surface area contributed by atoms with E-state index < -0.39 is 0 Å². The van der Waals surface area contributed by atoms with Crippen LogP contribution in [-0.2, 0) is 0 Å². The number of nitrogens with two attached hydrogens (primary N) is 1. The fraction of sp³-hybridized carbons (Fsp3) is 0.600. The van der Waals surface area contributed by atoms with Crippen molar-refractivity contribution in [1.29, 1.82) is 0 Å². The van der Waals surface area contributed by atoms with E-state index in [0.717, 1.165) is 12.5 Å². The van der Waals surface area contributed by atoms with Crippen LogP contribution in [0, 0.1) is 5.92 Å². The first kappa shape index (κ1) is 9.24. The van der Waals surface area contributed by atoms with Gasteiger partial charge in [0, 0.05) is 12.7 Å². The lowest BCUT2D eigenvalue weighted by atomic mass is 9.83. The maximum absolute atomic E-state index is 5.54. The maximum Gasteiger partial charge on any atom is 0.224 e. The van der Waals surface area contributed by atoms with Crippen molar-refractivity contribution >= 4 is 11.8 Å². The fourth-order valence-electron chi connectivity index (χ4n) is 1.63. The van der Waals surface area contributed by atoms with E-state index in [2.05, 4.69) is 15.3 Å². The zero-order valence-electron chi connectivity index (χ0n) is 8.24. The van der Waals surface area contributed by atoms with Gasteiger partial charge < -0.3 is 11.1 Å². The van der Waals surface area contributed by atoms with Gasteiger partial charge in [-0.2, -0.15) is 4.98 Å². The highest BCUT2D eigenvalue weighted by molar-refractivity contribution is 5.34. The van der Waals surface area contributed by atoms with Crippen molar-refractivity contribution < 1.29 is 0 Å². The third kappa shape index (κ3) is 2.34. The molecular formula is C10H16N4. The number of aromatic nitrogens is 2. The molecule has 4 nitrogen and oxygen atoms in total. The van der Waals surface area contributed by atoms with E-state index in [0.29, 0.717) is 11.8 Å². The minimum atomic E-state index is 0.520. The van der Waals surface area contributed by atoms with Crippen molar-refractivity contribution in [2.75, 3.05) is 17.6 Å². The van der Waals surface area contributed by atoms with Crippen LogP contribution >= 0.6 is 0 Å². The van der Waals surface area contributed by atoms with Crippen molar-refractivity contribution in [3.8, 4) is 0 Å². The van der Waals surface area contributed by atoms with Gasteiger partial charge in [0.25, 0.3) is 0 Å². The normalized spacial score (nSPS) is 16.3. The molecule has 0 radical (unpaired) electrons. The second kappa shape index (κ2) is 4.26. The van der Waals surface area contributed by atoms with Gasteiger partial charge in [0.1, 0.15) is 5.82 Å². The lowest BCUT2D eigenvalue weighted by Gasteiger charge is -2.25. The van der Waals surface area contributed by atoms with E-state index in [-0.39, 0.29) is 0 Å². The van der Waals surface area contributed by atoms with Gasteiger partial charge in [-0.25, -0.2) is 4.98 Å². The van der Waals surface area contributed by atoms with Gasteiger partial charge in [0.2, 0.25) is 5.95 Å². The zero-order valence-corrected chi connectivity index (χ0v) is 8.24. The molecule has 0 spiro atoms. The molecule has 0 unspecified atom stereocenters. The Kier molecular flexibility index (Phi) is 2.81. The highest BCUT2D eigenvalue weighted by Crippen LogP contribution is 2.28. The topological polar surface area (TPSA) is 63.8 Å². The molecule has 3 N–H and O–H groups in total. The van der Waals surface area contributed by atoms with Gasteiger partial charge in [-0.05, 0) is 18.4 Å². The Hall–Kier alpha value is -1.32. The lowest BCUT2D eigenvalue weighted by molar-refractivity contribution is 0.303. The van der Waals surface area contributed by atoms with Crippen LogP contribution in [0.2, 0.25) is 0 Å². The molecule has 0 amide bonds. The molecule has 1 aliphatic rings. The van der Waals surface area contributed by atoms with Gasteiger partial charge >= 0.3 is 0 Å². The summed E-state index contributed by atoms with van der Waals surface area (Å²) >= 11 is 0. The summed E-state index contributed by atoms with van der Waals surface area (Å²) in [6.45, 7) is 0.953. The molecule has 1 aliphatic carbocycles. The summed E-state index contributed by atoms with van der Waals surface area (Å²) in [5.74, 6) is 2.08. The van der Waals surface area contributed by atoms with Crippen molar-refractivity contribution in [2.24, 2.45) is 5.92 Å². The molecule has 0 aromatic carbocycles. The molecule has 1 heterocycles. The highest BCUT2D eigenvalue weighted by atomic mass is 15.1. The Morgan fingerprint density at radius 3 is 3.00 bits per heavy atom. The van der Waals surface area contributed by atoms with Crippen molar-refractivity contribution in [3.63, 3.8) is 0 Å². The van der Waals surface area contributed by atoms with Crippen LogP contribution < -0.4 is 11.1 Å². The molecule has 14 heavy (non-hydrogen) atoms. The number of hydrogen-bond donors (Lipinski definition) is 2. The van der Waals surface area contributed by atoms with Crippen LogP contribution in [0.15, 0.2) is 12.3 Å². The van der Waals surface area contributed by atoms with E-state index in [9.17, 15) is 0 Å². The molecule has 1 fully saturated rings. The van der Waals surface area contributed by atoms with Crippen LogP contribution in [-0.4, -0.2) is 16.5 Å². The summed E-state index contributed by atoms with van der Waals surface area (Å²) in [7, 11) is 0. The van der Waals surface area contributed by atoms with Crippen molar-refractivity contribution in [2.45, 2.75) is 25.7 Å². The molecule has 4 heteroatoms. The quantitative estimate of drug-likeness (QED) is 0.761. The molecule has 0 atom stereocenters. The van der Waals surface area contributed by atoms with Gasteiger partial charge in [-0.15, -0.1) is 0 Å². The number of hydrogen-bond acceptors (Lipinski definition) is 4. The van der Waals surface area contributed by atoms with E-state index in [4.69, 9.17) is 5.73 Å². The first-order chi connectivity index (χ1) is 6.84. The fourth-order valence-corrected chi connectivity index (χ4v) is 1.63. The van der Waals surface area contributed by atoms with Crippen LogP contribution in [0.4, 0.5) is 11.8 Å². The summed E-state index contributed by atoms with van der Waals surface area (Å²) in [5.41, 5.74) is 5.54. The molecule has 76 valence electrons. The second-order valence-corrected chi connectivity index (χ2v) is 3.82. The zero-order chi connectivity index (χ0) is 9.80. The molecule has 1 saturated carbocycles. The summed E-state index contributed by atoms with van der Waals surface area (Å²) in [4.78, 5) is 8.15. The smallest absolute Gasteiger partial charge is 0.224 e. The monoisotopic (exact) mass is 192 g/mol. The van der Waals surface area contributed by atoms with Gasteiger partial charge in [-0.1, -0.05) is 19.3 Å². The maximum atomic E-state index is 5.54. The third-order valence-corrected chi connectivity index (χ3v) is 2.74. The number of anilines is 2. The van der Waals surface area contributed by atoms with Crippen molar-refractivity contribution in [3.05, 3.63) is 12.3 Å². The van der Waals surface area contributed by atoms with Gasteiger partial charge in [0.05, 0.1) is 0 Å². The summed E-state index contributed by atoms with van der Waals surface area (Å²) in [5, 5.41) is 3.18. The van der Waals surface area contributed by atoms with Crippen LogP contribution in [0.1, 0.15) is 25.7 Å². The number of nitrogens with zero attached hydrogens (tertiary/aromatic N) is 2. The standard InChI is InChI=1S/C10H16N4/c11-9-5-7-13-10(14-9)12-6-4-8-2-1-3-8/h5,7-8H,1-4,6H2,(H3,11,12,13,14). The molecule has 0 bridgehead atoms. The summed E-state index contributed by atoms with van der Waals surface area (Å²) in [6.07, 6.45) is 7.07. The Balaban J connectivity index is 1.74. The second-order valence-electron chi connectivity index (χ2n) is 3.82. The summed E-state index contributed by atoms with van der Waals surface area (Å²) < 4.78 is 0. The lowest BCUT2D eigenvalue weighted by Crippen LogP contribution is -2.16. The predicted octanol–water partition coefficient (Wildman–Crippen LogP) is 1.66. The first-order valence-corrected chi connectivity index (χ1v) is 5.17. The summed E-state index contributed by atoms with van der Waals surface area (Å²) in [6, 6.07) is 1.69. The molecule has 2 rings (SSSR count). The van der Waals surface area contributed by atoms with Gasteiger partial charge in [-0.3, -0.25) is 0 Å². The number of rotatable bonds is 4. The molecule has 0 saturated heterocycles. The molecule has 0 aliphatic heterocycles. The molecule has 1 aromatic rings. The average Bonchev–Trinajstić information content (AvgIpc) is 2.09. The Labute approximate surface area is 83.9 Å². The predicted molar refractivity (Wildman–Crippen MR) is 56.9 cm³/mol. The van der Waals surface area contributed by atoms with E-state index in [1.54, 1.807) is 12.3 Å². The highest BCUT2D eigenvalue weighted by Gasteiger charge is 2.16. The average molecular weight is 192 g/mol. The molecular weight excluding hydrogens is 176 g/mol. The van der Waals surface area contributed by atoms with E-state index in [1.165, 1.54) is 25.7 Å². The first-order valence-electron chi connectivity index (χ1n) is 5.17. The minimum Gasteiger partial charge on any atom is -0.384 e. The number of nitrogens with one attached hydrogen (secondary N) is 1. The molecule has 1 aromatic heterocycles.